The van der Waals surface area contributed by atoms with Gasteiger partial charge in [-0.2, -0.15) is 0 Å². The third-order valence-electron chi connectivity index (χ3n) is 7.26. The zero-order valence-electron chi connectivity index (χ0n) is 20.6. The van der Waals surface area contributed by atoms with Crippen molar-refractivity contribution in [3.05, 3.63) is 71.4 Å². The summed E-state index contributed by atoms with van der Waals surface area (Å²) in [5.41, 5.74) is 12.9. The number of hydrogen-bond acceptors (Lipinski definition) is 7. The monoisotopic (exact) mass is 488 g/mol. The smallest absolute Gasteiger partial charge is 0.238 e. The van der Waals surface area contributed by atoms with Gasteiger partial charge in [0.05, 0.1) is 35.6 Å². The van der Waals surface area contributed by atoms with Crippen LogP contribution >= 0.6 is 0 Å². The second kappa shape index (κ2) is 9.07. The Morgan fingerprint density at radius 3 is 2.72 bits per heavy atom. The normalized spacial score (nSPS) is 17.7. The lowest BCUT2D eigenvalue weighted by Crippen LogP contribution is -2.34. The number of nitrogens with one attached hydrogen (secondary N) is 2. The van der Waals surface area contributed by atoms with E-state index in [2.05, 4.69) is 26.6 Å². The molecule has 0 aliphatic carbocycles. The molecule has 2 aliphatic heterocycles. The maximum atomic E-state index is 14.6. The SMILES string of the molecule is COc1nccc2c3ncc(C4=C(C)NNN4C)cc3n(C(c3cccc(F)c3)C3CCOCC3)c12. The number of fused-ring (bicyclic) bond motifs is 3. The zero-order chi connectivity index (χ0) is 24.8. The number of benzene rings is 1. The van der Waals surface area contributed by atoms with E-state index in [1.807, 2.05) is 37.3 Å². The zero-order valence-corrected chi connectivity index (χ0v) is 20.6. The molecule has 0 bridgehead atoms. The number of methoxy groups -OCH3 is 1. The van der Waals surface area contributed by atoms with Gasteiger partial charge in [0.2, 0.25) is 5.88 Å². The van der Waals surface area contributed by atoms with E-state index in [-0.39, 0.29) is 17.8 Å². The molecule has 0 amide bonds. The first-order chi connectivity index (χ1) is 17.6. The number of rotatable bonds is 5. The van der Waals surface area contributed by atoms with Crippen LogP contribution in [0.15, 0.2) is 54.5 Å². The highest BCUT2D eigenvalue weighted by Crippen LogP contribution is 2.43. The van der Waals surface area contributed by atoms with E-state index in [9.17, 15) is 4.39 Å². The van der Waals surface area contributed by atoms with Gasteiger partial charge in [0.15, 0.2) is 0 Å². The molecule has 9 heteroatoms. The molecular formula is C27H29FN6O2. The molecule has 8 nitrogen and oxygen atoms in total. The number of allylic oxidation sites excluding steroid dienone is 1. The molecule has 5 heterocycles. The first-order valence-electron chi connectivity index (χ1n) is 12.2. The Bertz CT molecular complexity index is 1480. The second-order valence-corrected chi connectivity index (χ2v) is 9.40. The van der Waals surface area contributed by atoms with Crippen LogP contribution in [-0.4, -0.2) is 46.9 Å². The van der Waals surface area contributed by atoms with Crippen molar-refractivity contribution in [2.75, 3.05) is 27.4 Å². The van der Waals surface area contributed by atoms with Crippen LogP contribution in [0.25, 0.3) is 27.6 Å². The fourth-order valence-corrected chi connectivity index (χ4v) is 5.69. The minimum Gasteiger partial charge on any atom is -0.479 e. The minimum absolute atomic E-state index is 0.146. The Labute approximate surface area is 208 Å². The molecule has 2 aliphatic rings. The number of hydrogen-bond donors (Lipinski definition) is 2. The number of ether oxygens (including phenoxy) is 2. The lowest BCUT2D eigenvalue weighted by molar-refractivity contribution is 0.0552. The van der Waals surface area contributed by atoms with Crippen LogP contribution in [-0.2, 0) is 4.74 Å². The Morgan fingerprint density at radius 2 is 2.00 bits per heavy atom. The van der Waals surface area contributed by atoms with Gasteiger partial charge in [0.25, 0.3) is 0 Å². The number of nitrogens with zero attached hydrogens (tertiary/aromatic N) is 4. The molecule has 1 fully saturated rings. The average molecular weight is 489 g/mol. The standard InChI is InChI=1S/C27H29FN6O2/c1-16-24(33(2)32-31-16)19-14-22-23(30-15-19)21-7-10-29-27(35-3)26(21)34(22)25(17-8-11-36-12-9-17)18-5-4-6-20(28)13-18/h4-7,10,13-15,17,25,31-32H,8-9,11-12H2,1-3H3. The van der Waals surface area contributed by atoms with Gasteiger partial charge in [0.1, 0.15) is 11.3 Å². The molecule has 4 aromatic rings. The summed E-state index contributed by atoms with van der Waals surface area (Å²) < 4.78 is 28.3. The van der Waals surface area contributed by atoms with Gasteiger partial charge in [-0.25, -0.2) is 9.37 Å². The molecule has 6 rings (SSSR count). The Morgan fingerprint density at radius 1 is 1.17 bits per heavy atom. The molecule has 1 aromatic carbocycles. The lowest BCUT2D eigenvalue weighted by atomic mass is 9.86. The third-order valence-corrected chi connectivity index (χ3v) is 7.26. The first kappa shape index (κ1) is 22.8. The van der Waals surface area contributed by atoms with Crippen molar-refractivity contribution < 1.29 is 13.9 Å². The van der Waals surface area contributed by atoms with E-state index < -0.39 is 0 Å². The van der Waals surface area contributed by atoms with Crippen molar-refractivity contribution in [2.45, 2.75) is 25.8 Å². The third kappa shape index (κ3) is 3.66. The van der Waals surface area contributed by atoms with Gasteiger partial charge in [-0.15, -0.1) is 5.53 Å². The van der Waals surface area contributed by atoms with Gasteiger partial charge in [-0.05, 0) is 55.5 Å². The van der Waals surface area contributed by atoms with Gasteiger partial charge < -0.3 is 19.5 Å². The minimum atomic E-state index is -0.250. The molecule has 36 heavy (non-hydrogen) atoms. The lowest BCUT2D eigenvalue weighted by Gasteiger charge is -2.33. The molecule has 0 radical (unpaired) electrons. The van der Waals surface area contributed by atoms with E-state index in [1.165, 1.54) is 6.07 Å². The van der Waals surface area contributed by atoms with Crippen molar-refractivity contribution in [2.24, 2.45) is 5.92 Å². The summed E-state index contributed by atoms with van der Waals surface area (Å²) in [4.78, 5) is 9.48. The average Bonchev–Trinajstić information content (AvgIpc) is 3.41. The largest absolute Gasteiger partial charge is 0.479 e. The van der Waals surface area contributed by atoms with Crippen LogP contribution in [0.3, 0.4) is 0 Å². The molecule has 1 atom stereocenters. The molecule has 186 valence electrons. The Hall–Kier alpha value is -3.69. The fraction of sp³-hybridized carbons (Fsp3) is 0.333. The summed E-state index contributed by atoms with van der Waals surface area (Å²) in [5.74, 6) is 0.517. The summed E-state index contributed by atoms with van der Waals surface area (Å²) in [6.45, 7) is 3.39. The van der Waals surface area contributed by atoms with Crippen LogP contribution in [0.2, 0.25) is 0 Å². The van der Waals surface area contributed by atoms with E-state index in [0.29, 0.717) is 19.1 Å². The molecule has 1 saturated heterocycles. The predicted octanol–water partition coefficient (Wildman–Crippen LogP) is 4.39. The van der Waals surface area contributed by atoms with Crippen LogP contribution < -0.4 is 15.7 Å². The van der Waals surface area contributed by atoms with Crippen molar-refractivity contribution in [3.63, 3.8) is 0 Å². The highest BCUT2D eigenvalue weighted by molar-refractivity contribution is 6.08. The predicted molar refractivity (Wildman–Crippen MR) is 136 cm³/mol. The van der Waals surface area contributed by atoms with E-state index in [0.717, 1.165) is 57.3 Å². The van der Waals surface area contributed by atoms with Crippen molar-refractivity contribution >= 4 is 27.6 Å². The van der Waals surface area contributed by atoms with Gasteiger partial charge >= 0.3 is 0 Å². The number of aromatic nitrogens is 3. The number of pyridine rings is 2. The first-order valence-corrected chi connectivity index (χ1v) is 12.2. The molecule has 3 aromatic heterocycles. The van der Waals surface area contributed by atoms with Crippen molar-refractivity contribution in [3.8, 4) is 5.88 Å². The van der Waals surface area contributed by atoms with E-state index >= 15 is 0 Å². The van der Waals surface area contributed by atoms with Crippen LogP contribution in [0.1, 0.15) is 36.9 Å². The summed E-state index contributed by atoms with van der Waals surface area (Å²) in [5, 5.41) is 2.90. The molecule has 0 spiro atoms. The summed E-state index contributed by atoms with van der Waals surface area (Å²) in [7, 11) is 3.59. The Balaban J connectivity index is 1.68. The summed E-state index contributed by atoms with van der Waals surface area (Å²) in [6.07, 6.45) is 5.39. The summed E-state index contributed by atoms with van der Waals surface area (Å²) in [6, 6.07) is 10.9. The van der Waals surface area contributed by atoms with Crippen LogP contribution in [0.4, 0.5) is 4.39 Å². The molecule has 2 N–H and O–H groups in total. The number of hydrazine groups is 2. The quantitative estimate of drug-likeness (QED) is 0.432. The molecule has 0 saturated carbocycles. The van der Waals surface area contributed by atoms with E-state index in [4.69, 9.17) is 14.5 Å². The molecule has 1 unspecified atom stereocenters. The maximum Gasteiger partial charge on any atom is 0.238 e. The van der Waals surface area contributed by atoms with Gasteiger partial charge in [0, 0.05) is 43.6 Å². The highest BCUT2D eigenvalue weighted by Gasteiger charge is 2.32. The van der Waals surface area contributed by atoms with Crippen LogP contribution in [0, 0.1) is 11.7 Å². The Kier molecular flexibility index (Phi) is 5.73. The van der Waals surface area contributed by atoms with Gasteiger partial charge in [-0.3, -0.25) is 9.99 Å². The summed E-state index contributed by atoms with van der Waals surface area (Å²) >= 11 is 0. The number of halogens is 1. The van der Waals surface area contributed by atoms with Crippen molar-refractivity contribution in [1.82, 2.24) is 30.5 Å². The van der Waals surface area contributed by atoms with Crippen molar-refractivity contribution in [1.29, 1.82) is 0 Å². The molecular weight excluding hydrogens is 459 g/mol. The van der Waals surface area contributed by atoms with Gasteiger partial charge in [-0.1, -0.05) is 12.1 Å². The highest BCUT2D eigenvalue weighted by atomic mass is 19.1. The topological polar surface area (TPSA) is 76.5 Å². The van der Waals surface area contributed by atoms with E-state index in [1.54, 1.807) is 25.4 Å². The second-order valence-electron chi connectivity index (χ2n) is 9.40. The fourth-order valence-electron chi connectivity index (χ4n) is 5.69. The maximum absolute atomic E-state index is 14.6. The van der Waals surface area contributed by atoms with Crippen LogP contribution in [0.5, 0.6) is 5.88 Å².